The zero-order valence-corrected chi connectivity index (χ0v) is 11.4. The number of amides is 1. The van der Waals surface area contributed by atoms with Crippen molar-refractivity contribution >= 4 is 28.9 Å². The van der Waals surface area contributed by atoms with E-state index in [4.69, 9.17) is 22.1 Å². The fourth-order valence-corrected chi connectivity index (χ4v) is 1.84. The molecule has 2 rings (SSSR count). The van der Waals surface area contributed by atoms with Gasteiger partial charge in [-0.05, 0) is 24.3 Å². The SMILES string of the molecule is COc1ccc(C(=O)Nc2cccc(Cl)c2F)c(N)c1. The fourth-order valence-electron chi connectivity index (χ4n) is 1.66. The molecular weight excluding hydrogens is 283 g/mol. The van der Waals surface area contributed by atoms with Crippen LogP contribution < -0.4 is 15.8 Å². The standard InChI is InChI=1S/C14H12ClFN2O2/c1-20-8-5-6-9(11(17)7-8)14(19)18-12-4-2-3-10(15)13(12)16/h2-7H,17H2,1H3,(H,18,19). The molecule has 1 amide bonds. The van der Waals surface area contributed by atoms with E-state index in [-0.39, 0.29) is 22.0 Å². The quantitative estimate of drug-likeness (QED) is 0.854. The Hall–Kier alpha value is -2.27. The molecule has 0 saturated carbocycles. The van der Waals surface area contributed by atoms with Crippen molar-refractivity contribution in [1.29, 1.82) is 0 Å². The number of hydrogen-bond donors (Lipinski definition) is 2. The molecule has 0 atom stereocenters. The molecule has 104 valence electrons. The predicted octanol–water partition coefficient (Wildman–Crippen LogP) is 3.32. The molecule has 0 radical (unpaired) electrons. The number of halogens is 2. The Kier molecular flexibility index (Phi) is 4.10. The number of rotatable bonds is 3. The molecule has 0 heterocycles. The number of nitrogens with two attached hydrogens (primary N) is 1. The molecule has 2 aromatic carbocycles. The summed E-state index contributed by atoms with van der Waals surface area (Å²) in [7, 11) is 1.50. The van der Waals surface area contributed by atoms with Crippen molar-refractivity contribution in [3.63, 3.8) is 0 Å². The molecule has 3 N–H and O–H groups in total. The van der Waals surface area contributed by atoms with E-state index in [0.717, 1.165) is 0 Å². The molecule has 0 unspecified atom stereocenters. The van der Waals surface area contributed by atoms with Crippen molar-refractivity contribution in [1.82, 2.24) is 0 Å². The van der Waals surface area contributed by atoms with Crippen LogP contribution in [0.3, 0.4) is 0 Å². The number of benzene rings is 2. The minimum absolute atomic E-state index is 0.00211. The number of nitrogens with one attached hydrogen (secondary N) is 1. The summed E-state index contributed by atoms with van der Waals surface area (Å²) in [5.41, 5.74) is 6.22. The summed E-state index contributed by atoms with van der Waals surface area (Å²) in [5, 5.41) is 2.36. The zero-order valence-electron chi connectivity index (χ0n) is 10.6. The number of anilines is 2. The van der Waals surface area contributed by atoms with Gasteiger partial charge in [0.05, 0.1) is 23.4 Å². The summed E-state index contributed by atoms with van der Waals surface area (Å²) in [5.74, 6) is -0.672. The van der Waals surface area contributed by atoms with Crippen molar-refractivity contribution < 1.29 is 13.9 Å². The molecule has 0 aliphatic heterocycles. The van der Waals surface area contributed by atoms with Crippen molar-refractivity contribution in [3.05, 3.63) is 52.8 Å². The van der Waals surface area contributed by atoms with Crippen molar-refractivity contribution in [2.24, 2.45) is 0 Å². The molecule has 0 fully saturated rings. The lowest BCUT2D eigenvalue weighted by Gasteiger charge is -2.10. The molecule has 0 aromatic heterocycles. The molecule has 2 aromatic rings. The molecule has 0 bridgehead atoms. The zero-order chi connectivity index (χ0) is 14.7. The number of methoxy groups -OCH3 is 1. The number of nitrogen functional groups attached to an aromatic ring is 1. The summed E-state index contributed by atoms with van der Waals surface area (Å²) >= 11 is 5.65. The highest BCUT2D eigenvalue weighted by molar-refractivity contribution is 6.31. The average Bonchev–Trinajstić information content (AvgIpc) is 2.43. The third-order valence-corrected chi connectivity index (χ3v) is 3.00. The summed E-state index contributed by atoms with van der Waals surface area (Å²) in [6, 6.07) is 8.97. The number of carbonyl (C=O) groups is 1. The van der Waals surface area contributed by atoms with Gasteiger partial charge in [-0.15, -0.1) is 0 Å². The van der Waals surface area contributed by atoms with Gasteiger partial charge in [-0.2, -0.15) is 0 Å². The van der Waals surface area contributed by atoms with E-state index in [0.29, 0.717) is 5.75 Å². The first-order chi connectivity index (χ1) is 9.52. The summed E-state index contributed by atoms with van der Waals surface area (Å²) in [4.78, 5) is 12.1. The maximum absolute atomic E-state index is 13.7. The Morgan fingerprint density at radius 1 is 1.35 bits per heavy atom. The first-order valence-corrected chi connectivity index (χ1v) is 6.09. The van der Waals surface area contributed by atoms with Gasteiger partial charge < -0.3 is 15.8 Å². The first-order valence-electron chi connectivity index (χ1n) is 5.72. The van der Waals surface area contributed by atoms with Gasteiger partial charge in [0.15, 0.2) is 5.82 Å². The van der Waals surface area contributed by atoms with Gasteiger partial charge in [-0.3, -0.25) is 4.79 Å². The Morgan fingerprint density at radius 2 is 2.10 bits per heavy atom. The molecular formula is C14H12ClFN2O2. The van der Waals surface area contributed by atoms with Gasteiger partial charge in [0.25, 0.3) is 5.91 Å². The lowest BCUT2D eigenvalue weighted by Crippen LogP contribution is -2.15. The van der Waals surface area contributed by atoms with Gasteiger partial charge in [0.1, 0.15) is 5.75 Å². The Labute approximate surface area is 120 Å². The van der Waals surface area contributed by atoms with Crippen LogP contribution in [0.25, 0.3) is 0 Å². The second-order valence-electron chi connectivity index (χ2n) is 4.01. The molecule has 0 aliphatic rings. The van der Waals surface area contributed by atoms with Crippen LogP contribution in [0.4, 0.5) is 15.8 Å². The van der Waals surface area contributed by atoms with Crippen LogP contribution in [0, 0.1) is 5.82 Å². The van der Waals surface area contributed by atoms with Crippen molar-refractivity contribution in [2.45, 2.75) is 0 Å². The third kappa shape index (κ3) is 2.83. The molecule has 0 aliphatic carbocycles. The second-order valence-corrected chi connectivity index (χ2v) is 4.42. The summed E-state index contributed by atoms with van der Waals surface area (Å²) < 4.78 is 18.7. The lowest BCUT2D eigenvalue weighted by molar-refractivity contribution is 0.102. The fraction of sp³-hybridized carbons (Fsp3) is 0.0714. The highest BCUT2D eigenvalue weighted by atomic mass is 35.5. The minimum Gasteiger partial charge on any atom is -0.497 e. The molecule has 0 spiro atoms. The monoisotopic (exact) mass is 294 g/mol. The van der Waals surface area contributed by atoms with E-state index in [1.807, 2.05) is 0 Å². The summed E-state index contributed by atoms with van der Waals surface area (Å²) in [6.07, 6.45) is 0. The Balaban J connectivity index is 2.26. The molecule has 6 heteroatoms. The van der Waals surface area contributed by atoms with Crippen LogP contribution >= 0.6 is 11.6 Å². The smallest absolute Gasteiger partial charge is 0.257 e. The topological polar surface area (TPSA) is 64.3 Å². The van der Waals surface area contributed by atoms with Crippen LogP contribution in [-0.2, 0) is 0 Å². The van der Waals surface area contributed by atoms with E-state index in [1.54, 1.807) is 12.1 Å². The highest BCUT2D eigenvalue weighted by Gasteiger charge is 2.14. The average molecular weight is 295 g/mol. The predicted molar refractivity (Wildman–Crippen MR) is 76.8 cm³/mol. The maximum atomic E-state index is 13.7. The van der Waals surface area contributed by atoms with Crippen molar-refractivity contribution in [2.75, 3.05) is 18.2 Å². The maximum Gasteiger partial charge on any atom is 0.257 e. The van der Waals surface area contributed by atoms with Crippen LogP contribution in [0.15, 0.2) is 36.4 Å². The van der Waals surface area contributed by atoms with E-state index in [2.05, 4.69) is 5.32 Å². The van der Waals surface area contributed by atoms with Gasteiger partial charge in [0, 0.05) is 11.8 Å². The van der Waals surface area contributed by atoms with E-state index >= 15 is 0 Å². The molecule has 4 nitrogen and oxygen atoms in total. The van der Waals surface area contributed by atoms with E-state index in [9.17, 15) is 9.18 Å². The number of carbonyl (C=O) groups excluding carboxylic acids is 1. The summed E-state index contributed by atoms with van der Waals surface area (Å²) in [6.45, 7) is 0. The normalized spacial score (nSPS) is 10.2. The van der Waals surface area contributed by atoms with Gasteiger partial charge in [-0.1, -0.05) is 17.7 Å². The van der Waals surface area contributed by atoms with Crippen LogP contribution in [-0.4, -0.2) is 13.0 Å². The van der Waals surface area contributed by atoms with Gasteiger partial charge in [0.2, 0.25) is 0 Å². The Bertz CT molecular complexity index is 662. The van der Waals surface area contributed by atoms with Crippen LogP contribution in [0.5, 0.6) is 5.75 Å². The number of ether oxygens (including phenoxy) is 1. The Morgan fingerprint density at radius 3 is 2.75 bits per heavy atom. The second kappa shape index (κ2) is 5.79. The van der Waals surface area contributed by atoms with Gasteiger partial charge in [-0.25, -0.2) is 4.39 Å². The lowest BCUT2D eigenvalue weighted by atomic mass is 10.1. The van der Waals surface area contributed by atoms with E-state index < -0.39 is 11.7 Å². The van der Waals surface area contributed by atoms with Crippen LogP contribution in [0.1, 0.15) is 10.4 Å². The largest absolute Gasteiger partial charge is 0.497 e. The molecule has 0 saturated heterocycles. The third-order valence-electron chi connectivity index (χ3n) is 2.70. The number of hydrogen-bond acceptors (Lipinski definition) is 3. The van der Waals surface area contributed by atoms with E-state index in [1.165, 1.54) is 31.4 Å². The minimum atomic E-state index is -0.686. The van der Waals surface area contributed by atoms with Crippen molar-refractivity contribution in [3.8, 4) is 5.75 Å². The first kappa shape index (κ1) is 14.1. The molecule has 20 heavy (non-hydrogen) atoms. The highest BCUT2D eigenvalue weighted by Crippen LogP contribution is 2.24. The van der Waals surface area contributed by atoms with Crippen LogP contribution in [0.2, 0.25) is 5.02 Å². The van der Waals surface area contributed by atoms with Gasteiger partial charge >= 0.3 is 0 Å².